The average molecular weight is 243 g/mol. The van der Waals surface area contributed by atoms with Crippen molar-refractivity contribution in [3.63, 3.8) is 0 Å². The molecule has 0 atom stereocenters. The third-order valence-electron chi connectivity index (χ3n) is 2.37. The van der Waals surface area contributed by atoms with E-state index in [1.54, 1.807) is 0 Å². The van der Waals surface area contributed by atoms with Crippen molar-refractivity contribution < 1.29 is 29.4 Å². The topological polar surface area (TPSA) is 37.3 Å². The van der Waals surface area contributed by atoms with Crippen molar-refractivity contribution in [2.24, 2.45) is 11.8 Å². The Labute approximate surface area is 80.1 Å². The van der Waals surface area contributed by atoms with E-state index in [1.165, 1.54) is 0 Å². The SMILES string of the molecule is CC1CCC(C(=O)O)CC1.[Ru]. The quantitative estimate of drug-likeness (QED) is 0.714. The molecule has 1 fully saturated rings. The first-order valence-electron chi connectivity index (χ1n) is 3.93. The van der Waals surface area contributed by atoms with Crippen LogP contribution >= 0.6 is 0 Å². The summed E-state index contributed by atoms with van der Waals surface area (Å²) >= 11 is 0. The van der Waals surface area contributed by atoms with Crippen LogP contribution in [-0.2, 0) is 24.3 Å². The van der Waals surface area contributed by atoms with Crippen LogP contribution in [-0.4, -0.2) is 11.1 Å². The van der Waals surface area contributed by atoms with Gasteiger partial charge in [-0.15, -0.1) is 0 Å². The largest absolute Gasteiger partial charge is 0.481 e. The van der Waals surface area contributed by atoms with Gasteiger partial charge in [-0.2, -0.15) is 0 Å². The van der Waals surface area contributed by atoms with E-state index >= 15 is 0 Å². The van der Waals surface area contributed by atoms with Crippen LogP contribution in [0.1, 0.15) is 32.6 Å². The molecule has 0 bridgehead atoms. The van der Waals surface area contributed by atoms with Crippen molar-refractivity contribution in [1.82, 2.24) is 0 Å². The Morgan fingerprint density at radius 1 is 1.27 bits per heavy atom. The smallest absolute Gasteiger partial charge is 0.306 e. The number of hydrogen-bond donors (Lipinski definition) is 1. The van der Waals surface area contributed by atoms with Crippen LogP contribution in [0.4, 0.5) is 0 Å². The molecule has 3 heteroatoms. The molecule has 66 valence electrons. The molecule has 0 aromatic rings. The van der Waals surface area contributed by atoms with Gasteiger partial charge in [0.25, 0.3) is 0 Å². The number of carboxylic acid groups (broad SMARTS) is 1. The fourth-order valence-corrected chi connectivity index (χ4v) is 1.51. The number of hydrogen-bond acceptors (Lipinski definition) is 1. The molecule has 0 radical (unpaired) electrons. The van der Waals surface area contributed by atoms with Gasteiger partial charge in [0, 0.05) is 19.5 Å². The summed E-state index contributed by atoms with van der Waals surface area (Å²) < 4.78 is 0. The summed E-state index contributed by atoms with van der Waals surface area (Å²) in [5, 5.41) is 8.62. The third-order valence-corrected chi connectivity index (χ3v) is 2.37. The molecule has 1 N–H and O–H groups in total. The minimum absolute atomic E-state index is 0. The summed E-state index contributed by atoms with van der Waals surface area (Å²) in [5.41, 5.74) is 0. The first kappa shape index (κ1) is 11.1. The molecule has 0 aromatic heterocycles. The van der Waals surface area contributed by atoms with Crippen LogP contribution < -0.4 is 0 Å². The Morgan fingerprint density at radius 2 is 1.73 bits per heavy atom. The molecule has 0 aromatic carbocycles. The van der Waals surface area contributed by atoms with Gasteiger partial charge in [-0.1, -0.05) is 6.92 Å². The van der Waals surface area contributed by atoms with Gasteiger partial charge in [-0.05, 0) is 31.6 Å². The summed E-state index contributed by atoms with van der Waals surface area (Å²) in [5.74, 6) is 0.0960. The van der Waals surface area contributed by atoms with Gasteiger partial charge in [0.1, 0.15) is 0 Å². The fraction of sp³-hybridized carbons (Fsp3) is 0.875. The van der Waals surface area contributed by atoms with Crippen LogP contribution in [0.5, 0.6) is 0 Å². The molecular weight excluding hydrogens is 229 g/mol. The molecule has 11 heavy (non-hydrogen) atoms. The summed E-state index contributed by atoms with van der Waals surface area (Å²) in [6.45, 7) is 2.19. The molecule has 0 amide bonds. The molecule has 1 aliphatic rings. The molecular formula is C8H14O2Ru. The predicted molar refractivity (Wildman–Crippen MR) is 38.8 cm³/mol. The van der Waals surface area contributed by atoms with Gasteiger partial charge in [0.15, 0.2) is 0 Å². The average Bonchev–Trinajstić information content (AvgIpc) is 1.88. The summed E-state index contributed by atoms with van der Waals surface area (Å²) in [4.78, 5) is 10.5. The van der Waals surface area contributed by atoms with E-state index in [-0.39, 0.29) is 25.4 Å². The first-order chi connectivity index (χ1) is 4.70. The van der Waals surface area contributed by atoms with E-state index in [0.717, 1.165) is 31.6 Å². The number of carbonyl (C=O) groups is 1. The number of aliphatic carboxylic acids is 1. The Bertz CT molecular complexity index is 128. The molecule has 1 rings (SSSR count). The van der Waals surface area contributed by atoms with E-state index in [0.29, 0.717) is 0 Å². The number of carboxylic acids is 1. The van der Waals surface area contributed by atoms with E-state index < -0.39 is 5.97 Å². The minimum atomic E-state index is -0.605. The zero-order chi connectivity index (χ0) is 7.56. The molecule has 0 unspecified atom stereocenters. The van der Waals surface area contributed by atoms with Crippen molar-refractivity contribution in [2.75, 3.05) is 0 Å². The van der Waals surface area contributed by atoms with Crippen molar-refractivity contribution >= 4 is 5.97 Å². The van der Waals surface area contributed by atoms with Crippen LogP contribution in [0.2, 0.25) is 0 Å². The van der Waals surface area contributed by atoms with Crippen molar-refractivity contribution in [1.29, 1.82) is 0 Å². The van der Waals surface area contributed by atoms with Crippen molar-refractivity contribution in [2.45, 2.75) is 32.6 Å². The Kier molecular flexibility index (Phi) is 4.91. The van der Waals surface area contributed by atoms with Gasteiger partial charge in [0.2, 0.25) is 0 Å². The maximum atomic E-state index is 10.5. The molecule has 0 heterocycles. The fourth-order valence-electron chi connectivity index (χ4n) is 1.51. The van der Waals surface area contributed by atoms with Crippen LogP contribution in [0.25, 0.3) is 0 Å². The molecule has 0 spiro atoms. The third kappa shape index (κ3) is 3.33. The summed E-state index contributed by atoms with van der Waals surface area (Å²) in [7, 11) is 0. The Hall–Kier alpha value is 0.0934. The standard InChI is InChI=1S/C8H14O2.Ru/c1-6-2-4-7(5-3-6)8(9)10;/h6-7H,2-5H2,1H3,(H,9,10);. The van der Waals surface area contributed by atoms with Crippen LogP contribution in [0, 0.1) is 11.8 Å². The normalized spacial score (nSPS) is 30.6. The summed E-state index contributed by atoms with van der Waals surface area (Å²) in [6.07, 6.45) is 3.96. The molecule has 0 saturated heterocycles. The molecule has 2 nitrogen and oxygen atoms in total. The van der Waals surface area contributed by atoms with Crippen LogP contribution in [0.15, 0.2) is 0 Å². The molecule has 1 aliphatic carbocycles. The van der Waals surface area contributed by atoms with Gasteiger partial charge in [0.05, 0.1) is 5.92 Å². The zero-order valence-electron chi connectivity index (χ0n) is 6.69. The van der Waals surface area contributed by atoms with E-state index in [9.17, 15) is 4.79 Å². The Balaban J connectivity index is 0.000001000. The van der Waals surface area contributed by atoms with Gasteiger partial charge >= 0.3 is 5.97 Å². The second kappa shape index (κ2) is 4.87. The first-order valence-corrected chi connectivity index (χ1v) is 3.93. The van der Waals surface area contributed by atoms with Gasteiger partial charge in [-0.25, -0.2) is 0 Å². The number of rotatable bonds is 1. The maximum Gasteiger partial charge on any atom is 0.306 e. The Morgan fingerprint density at radius 3 is 2.09 bits per heavy atom. The monoisotopic (exact) mass is 244 g/mol. The zero-order valence-corrected chi connectivity index (χ0v) is 8.43. The van der Waals surface area contributed by atoms with E-state index in [1.807, 2.05) is 0 Å². The second-order valence-corrected chi connectivity index (χ2v) is 3.30. The minimum Gasteiger partial charge on any atom is -0.481 e. The maximum absolute atomic E-state index is 10.5. The van der Waals surface area contributed by atoms with Gasteiger partial charge in [-0.3, -0.25) is 4.79 Å². The van der Waals surface area contributed by atoms with Crippen molar-refractivity contribution in [3.8, 4) is 0 Å². The van der Waals surface area contributed by atoms with Crippen LogP contribution in [0.3, 0.4) is 0 Å². The van der Waals surface area contributed by atoms with Crippen molar-refractivity contribution in [3.05, 3.63) is 0 Å². The molecule has 1 saturated carbocycles. The molecule has 0 aliphatic heterocycles. The van der Waals surface area contributed by atoms with Gasteiger partial charge < -0.3 is 5.11 Å². The second-order valence-electron chi connectivity index (χ2n) is 3.30. The van der Waals surface area contributed by atoms with E-state index in [2.05, 4.69) is 6.92 Å². The summed E-state index contributed by atoms with van der Waals surface area (Å²) in [6, 6.07) is 0. The van der Waals surface area contributed by atoms with E-state index in [4.69, 9.17) is 5.11 Å². The predicted octanol–water partition coefficient (Wildman–Crippen LogP) is 1.89.